The zero-order valence-electron chi connectivity index (χ0n) is 15.5. The van der Waals surface area contributed by atoms with Crippen molar-refractivity contribution in [1.82, 2.24) is 4.90 Å². The van der Waals surface area contributed by atoms with Crippen LogP contribution in [-0.2, 0) is 4.79 Å². The van der Waals surface area contributed by atoms with Gasteiger partial charge in [-0.05, 0) is 55.3 Å². The van der Waals surface area contributed by atoms with Gasteiger partial charge in [-0.25, -0.2) is 0 Å². The number of carbonyl (C=O) groups is 1. The molecule has 144 valence electrons. The van der Waals surface area contributed by atoms with Gasteiger partial charge >= 0.3 is 5.97 Å². The Morgan fingerprint density at radius 3 is 2.56 bits per heavy atom. The van der Waals surface area contributed by atoms with Crippen LogP contribution in [-0.4, -0.2) is 43.3 Å². The van der Waals surface area contributed by atoms with E-state index in [-0.39, 0.29) is 12.0 Å². The number of hydrogen-bond donors (Lipinski definition) is 1. The molecule has 2 unspecified atom stereocenters. The molecule has 5 nitrogen and oxygen atoms in total. The topological polar surface area (TPSA) is 59.0 Å². The zero-order chi connectivity index (χ0) is 19.4. The number of carboxylic acid groups (broad SMARTS) is 1. The average Bonchev–Trinajstić information content (AvgIpc) is 2.69. The zero-order valence-corrected chi connectivity index (χ0v) is 17.1. The van der Waals surface area contributed by atoms with Crippen LogP contribution in [0.5, 0.6) is 11.5 Å². The lowest BCUT2D eigenvalue weighted by Gasteiger charge is -2.38. The second-order valence-corrected chi connectivity index (χ2v) is 7.65. The summed E-state index contributed by atoms with van der Waals surface area (Å²) in [6, 6.07) is 13.8. The summed E-state index contributed by atoms with van der Waals surface area (Å²) >= 11 is 3.49. The predicted octanol–water partition coefficient (Wildman–Crippen LogP) is 4.35. The summed E-state index contributed by atoms with van der Waals surface area (Å²) in [6.45, 7) is 1.35. The Morgan fingerprint density at radius 1 is 1.19 bits per heavy atom. The van der Waals surface area contributed by atoms with Crippen LogP contribution in [0, 0.1) is 5.92 Å². The lowest BCUT2D eigenvalue weighted by molar-refractivity contribution is -0.143. The van der Waals surface area contributed by atoms with Crippen LogP contribution in [0.4, 0.5) is 0 Å². The van der Waals surface area contributed by atoms with Gasteiger partial charge in [0.15, 0.2) is 0 Å². The van der Waals surface area contributed by atoms with Crippen molar-refractivity contribution in [3.63, 3.8) is 0 Å². The van der Waals surface area contributed by atoms with E-state index in [0.717, 1.165) is 40.1 Å². The number of nitrogens with zero attached hydrogens (tertiary/aromatic N) is 1. The van der Waals surface area contributed by atoms with Gasteiger partial charge in [-0.1, -0.05) is 28.1 Å². The number of methoxy groups -OCH3 is 2. The molecule has 1 aliphatic rings. The Balaban J connectivity index is 2.08. The maximum absolute atomic E-state index is 11.6. The van der Waals surface area contributed by atoms with E-state index in [1.54, 1.807) is 14.2 Å². The second kappa shape index (κ2) is 8.76. The van der Waals surface area contributed by atoms with E-state index in [4.69, 9.17) is 9.47 Å². The van der Waals surface area contributed by atoms with E-state index in [1.807, 2.05) is 30.3 Å². The van der Waals surface area contributed by atoms with Crippen LogP contribution in [0.2, 0.25) is 0 Å². The van der Waals surface area contributed by atoms with Crippen molar-refractivity contribution in [2.24, 2.45) is 5.92 Å². The highest BCUT2D eigenvalue weighted by Crippen LogP contribution is 2.39. The number of ether oxygens (including phenoxy) is 2. The Morgan fingerprint density at radius 2 is 1.93 bits per heavy atom. The van der Waals surface area contributed by atoms with Gasteiger partial charge in [0, 0.05) is 16.6 Å². The number of likely N-dealkylation sites (tertiary alicyclic amines) is 1. The SMILES string of the molecule is COc1ccc(OC)c(C(c2ccc(Br)cc2)N2CCCC(C(=O)O)C2)c1. The fourth-order valence-corrected chi connectivity index (χ4v) is 3.99. The smallest absolute Gasteiger partial charge is 0.307 e. The van der Waals surface area contributed by atoms with Gasteiger partial charge in [-0.15, -0.1) is 0 Å². The van der Waals surface area contributed by atoms with Gasteiger partial charge in [0.05, 0.1) is 26.2 Å². The number of halogens is 1. The van der Waals surface area contributed by atoms with Crippen molar-refractivity contribution in [3.8, 4) is 11.5 Å². The van der Waals surface area contributed by atoms with E-state index >= 15 is 0 Å². The summed E-state index contributed by atoms with van der Waals surface area (Å²) in [5, 5.41) is 9.52. The van der Waals surface area contributed by atoms with Crippen molar-refractivity contribution >= 4 is 21.9 Å². The van der Waals surface area contributed by atoms with E-state index < -0.39 is 5.97 Å². The highest BCUT2D eigenvalue weighted by molar-refractivity contribution is 9.10. The number of benzene rings is 2. The molecule has 3 rings (SSSR count). The van der Waals surface area contributed by atoms with E-state index in [2.05, 4.69) is 33.0 Å². The summed E-state index contributed by atoms with van der Waals surface area (Å²) in [7, 11) is 3.29. The van der Waals surface area contributed by atoms with Crippen LogP contribution in [0.3, 0.4) is 0 Å². The molecular formula is C21H24BrNO4. The number of hydrogen-bond acceptors (Lipinski definition) is 4. The molecule has 2 atom stereocenters. The highest BCUT2D eigenvalue weighted by Gasteiger charge is 2.32. The molecule has 0 bridgehead atoms. The van der Waals surface area contributed by atoms with Crippen molar-refractivity contribution < 1.29 is 19.4 Å². The Bertz CT molecular complexity index is 793. The summed E-state index contributed by atoms with van der Waals surface area (Å²) in [5.74, 6) is 0.432. The monoisotopic (exact) mass is 433 g/mol. The molecule has 6 heteroatoms. The molecule has 0 saturated carbocycles. The highest BCUT2D eigenvalue weighted by atomic mass is 79.9. The predicted molar refractivity (Wildman–Crippen MR) is 107 cm³/mol. The summed E-state index contributed by atoms with van der Waals surface area (Å²) in [6.07, 6.45) is 1.57. The minimum atomic E-state index is -0.730. The average molecular weight is 434 g/mol. The first-order valence-corrected chi connectivity index (χ1v) is 9.77. The second-order valence-electron chi connectivity index (χ2n) is 6.73. The van der Waals surface area contributed by atoms with Gasteiger partial charge in [0.1, 0.15) is 11.5 Å². The van der Waals surface area contributed by atoms with Crippen molar-refractivity contribution in [1.29, 1.82) is 0 Å². The molecule has 0 amide bonds. The third-order valence-corrected chi connectivity index (χ3v) is 5.61. The summed E-state index contributed by atoms with van der Waals surface area (Å²) in [4.78, 5) is 13.8. The third kappa shape index (κ3) is 4.45. The van der Waals surface area contributed by atoms with Crippen LogP contribution < -0.4 is 9.47 Å². The molecule has 0 radical (unpaired) electrons. The molecule has 0 spiro atoms. The molecule has 1 aliphatic heterocycles. The Kier molecular flexibility index (Phi) is 6.39. The van der Waals surface area contributed by atoms with Gasteiger partial charge in [-0.3, -0.25) is 9.69 Å². The van der Waals surface area contributed by atoms with E-state index in [1.165, 1.54) is 0 Å². The van der Waals surface area contributed by atoms with Crippen molar-refractivity contribution in [2.75, 3.05) is 27.3 Å². The van der Waals surface area contributed by atoms with E-state index in [9.17, 15) is 9.90 Å². The lowest BCUT2D eigenvalue weighted by Crippen LogP contribution is -2.41. The van der Waals surface area contributed by atoms with Crippen LogP contribution in [0.25, 0.3) is 0 Å². The molecule has 1 heterocycles. The van der Waals surface area contributed by atoms with Gasteiger partial charge in [0.25, 0.3) is 0 Å². The Hall–Kier alpha value is -2.05. The fraction of sp³-hybridized carbons (Fsp3) is 0.381. The quantitative estimate of drug-likeness (QED) is 0.733. The normalized spacial score (nSPS) is 18.7. The molecule has 2 aromatic carbocycles. The van der Waals surface area contributed by atoms with Crippen molar-refractivity contribution in [3.05, 3.63) is 58.1 Å². The molecule has 0 aliphatic carbocycles. The maximum Gasteiger partial charge on any atom is 0.307 e. The maximum atomic E-state index is 11.6. The molecule has 27 heavy (non-hydrogen) atoms. The number of carboxylic acids is 1. The minimum Gasteiger partial charge on any atom is -0.497 e. The van der Waals surface area contributed by atoms with Crippen molar-refractivity contribution in [2.45, 2.75) is 18.9 Å². The minimum absolute atomic E-state index is 0.106. The first-order valence-electron chi connectivity index (χ1n) is 8.97. The lowest BCUT2D eigenvalue weighted by atomic mass is 9.91. The Labute approximate surface area is 168 Å². The molecular weight excluding hydrogens is 410 g/mol. The largest absolute Gasteiger partial charge is 0.497 e. The molecule has 0 aromatic heterocycles. The van der Waals surface area contributed by atoms with Crippen LogP contribution in [0.15, 0.2) is 46.9 Å². The first kappa shape index (κ1) is 19.7. The number of rotatable bonds is 6. The van der Waals surface area contributed by atoms with E-state index in [0.29, 0.717) is 13.0 Å². The molecule has 1 fully saturated rings. The van der Waals surface area contributed by atoms with Gasteiger partial charge < -0.3 is 14.6 Å². The summed E-state index contributed by atoms with van der Waals surface area (Å²) < 4.78 is 12.1. The summed E-state index contributed by atoms with van der Waals surface area (Å²) in [5.41, 5.74) is 2.07. The molecule has 1 N–H and O–H groups in total. The molecule has 2 aromatic rings. The molecule has 1 saturated heterocycles. The fourth-order valence-electron chi connectivity index (χ4n) is 3.73. The number of piperidine rings is 1. The first-order chi connectivity index (χ1) is 13.0. The standard InChI is InChI=1S/C21H24BrNO4/c1-26-17-9-10-19(27-2)18(12-17)20(14-5-7-16(22)8-6-14)23-11-3-4-15(13-23)21(24)25/h5-10,12,15,20H,3-4,11,13H2,1-2H3,(H,24,25). The van der Waals surface area contributed by atoms with Crippen LogP contribution in [0.1, 0.15) is 30.0 Å². The van der Waals surface area contributed by atoms with Gasteiger partial charge in [-0.2, -0.15) is 0 Å². The third-order valence-electron chi connectivity index (χ3n) is 5.08. The van der Waals surface area contributed by atoms with Crippen LogP contribution >= 0.6 is 15.9 Å². The van der Waals surface area contributed by atoms with Gasteiger partial charge in [0.2, 0.25) is 0 Å². The number of aliphatic carboxylic acids is 1.